The lowest BCUT2D eigenvalue weighted by molar-refractivity contribution is 0.396. The lowest BCUT2D eigenvalue weighted by Gasteiger charge is -2.23. The topological polar surface area (TPSA) is 50.3 Å². The zero-order valence-corrected chi connectivity index (χ0v) is 12.1. The van der Waals surface area contributed by atoms with Crippen LogP contribution in [-0.4, -0.2) is 24.8 Å². The highest BCUT2D eigenvalue weighted by Crippen LogP contribution is 2.28. The molecule has 2 rings (SSSR count). The van der Waals surface area contributed by atoms with Gasteiger partial charge in [-0.15, -0.1) is 11.3 Å². The number of hydrogen-bond acceptors (Lipinski definition) is 4. The van der Waals surface area contributed by atoms with Crippen LogP contribution in [-0.2, 0) is 10.0 Å². The van der Waals surface area contributed by atoms with Crippen LogP contribution in [0.3, 0.4) is 0 Å². The Morgan fingerprint density at radius 1 is 1.37 bits per heavy atom. The summed E-state index contributed by atoms with van der Waals surface area (Å²) in [5, 5.41) is 1.33. The number of sulfonamides is 1. The van der Waals surface area contributed by atoms with Gasteiger partial charge in [-0.1, -0.05) is 6.07 Å². The van der Waals surface area contributed by atoms with E-state index in [1.807, 2.05) is 17.5 Å². The van der Waals surface area contributed by atoms with E-state index < -0.39 is 20.9 Å². The number of hydrogen-bond donors (Lipinski definition) is 0. The van der Waals surface area contributed by atoms with Gasteiger partial charge < -0.3 is 0 Å². The van der Waals surface area contributed by atoms with E-state index in [9.17, 15) is 12.8 Å². The average Bonchev–Trinajstić information content (AvgIpc) is 2.91. The molecule has 1 atom stereocenters. The van der Waals surface area contributed by atoms with Gasteiger partial charge in [-0.05, 0) is 30.5 Å². The SMILES string of the molecule is CC(c1cccs1)N(C)S(=O)(=O)c1ncccc1F. The third-order valence-corrected chi connectivity index (χ3v) is 5.75. The molecule has 0 spiro atoms. The molecule has 19 heavy (non-hydrogen) atoms. The van der Waals surface area contributed by atoms with Crippen molar-refractivity contribution in [3.8, 4) is 0 Å². The van der Waals surface area contributed by atoms with Crippen molar-refractivity contribution in [2.24, 2.45) is 0 Å². The van der Waals surface area contributed by atoms with Crippen LogP contribution in [0, 0.1) is 5.82 Å². The second kappa shape index (κ2) is 5.36. The molecule has 0 aliphatic carbocycles. The van der Waals surface area contributed by atoms with Gasteiger partial charge in [0.25, 0.3) is 10.0 Å². The molecule has 0 aliphatic heterocycles. The standard InChI is InChI=1S/C12H13FN2O2S2/c1-9(11-6-4-8-18-11)15(2)19(16,17)12-10(13)5-3-7-14-12/h3-9H,1-2H3. The second-order valence-corrected chi connectivity index (χ2v) is 6.90. The zero-order chi connectivity index (χ0) is 14.0. The summed E-state index contributed by atoms with van der Waals surface area (Å²) in [5.41, 5.74) is 0. The molecule has 0 N–H and O–H groups in total. The Bertz CT molecular complexity index is 656. The Balaban J connectivity index is 2.38. The normalized spacial score (nSPS) is 13.7. The number of pyridine rings is 1. The average molecular weight is 300 g/mol. The van der Waals surface area contributed by atoms with Crippen molar-refractivity contribution in [1.29, 1.82) is 0 Å². The lowest BCUT2D eigenvalue weighted by atomic mass is 10.3. The first-order valence-electron chi connectivity index (χ1n) is 5.56. The highest BCUT2D eigenvalue weighted by atomic mass is 32.2. The summed E-state index contributed by atoms with van der Waals surface area (Å²) in [6, 6.07) is 5.76. The first-order chi connectivity index (χ1) is 8.94. The van der Waals surface area contributed by atoms with Crippen LogP contribution in [0.25, 0.3) is 0 Å². The number of halogens is 1. The molecule has 0 amide bonds. The van der Waals surface area contributed by atoms with Gasteiger partial charge in [0.2, 0.25) is 5.03 Å². The van der Waals surface area contributed by atoms with Gasteiger partial charge in [-0.3, -0.25) is 0 Å². The highest BCUT2D eigenvalue weighted by molar-refractivity contribution is 7.89. The third-order valence-electron chi connectivity index (χ3n) is 2.85. The van der Waals surface area contributed by atoms with Crippen LogP contribution in [0.1, 0.15) is 17.8 Å². The molecule has 1 unspecified atom stereocenters. The summed E-state index contributed by atoms with van der Waals surface area (Å²) >= 11 is 1.45. The summed E-state index contributed by atoms with van der Waals surface area (Å²) < 4.78 is 39.4. The summed E-state index contributed by atoms with van der Waals surface area (Å²) in [6.45, 7) is 1.75. The van der Waals surface area contributed by atoms with E-state index >= 15 is 0 Å². The van der Waals surface area contributed by atoms with Crippen LogP contribution < -0.4 is 0 Å². The van der Waals surface area contributed by atoms with Gasteiger partial charge in [0.1, 0.15) is 0 Å². The molecule has 0 bridgehead atoms. The summed E-state index contributed by atoms with van der Waals surface area (Å²) in [5.74, 6) is -0.840. The van der Waals surface area contributed by atoms with Crippen LogP contribution in [0.5, 0.6) is 0 Å². The number of thiophene rings is 1. The van der Waals surface area contributed by atoms with E-state index in [-0.39, 0.29) is 6.04 Å². The fraction of sp³-hybridized carbons (Fsp3) is 0.250. The Labute approximate surface area is 115 Å². The van der Waals surface area contributed by atoms with Crippen molar-refractivity contribution in [2.75, 3.05) is 7.05 Å². The Morgan fingerprint density at radius 2 is 2.11 bits per heavy atom. The van der Waals surface area contributed by atoms with Crippen molar-refractivity contribution in [1.82, 2.24) is 9.29 Å². The van der Waals surface area contributed by atoms with Gasteiger partial charge in [0, 0.05) is 18.1 Å². The summed E-state index contributed by atoms with van der Waals surface area (Å²) in [4.78, 5) is 4.52. The molecule has 2 aromatic rings. The van der Waals surface area contributed by atoms with E-state index in [1.54, 1.807) is 6.92 Å². The molecule has 2 heterocycles. The maximum absolute atomic E-state index is 13.6. The van der Waals surface area contributed by atoms with Crippen LogP contribution in [0.15, 0.2) is 40.9 Å². The first kappa shape index (κ1) is 14.1. The number of aromatic nitrogens is 1. The molecule has 0 radical (unpaired) electrons. The first-order valence-corrected chi connectivity index (χ1v) is 7.88. The molecule has 2 aromatic heterocycles. The van der Waals surface area contributed by atoms with Gasteiger partial charge in [-0.25, -0.2) is 17.8 Å². The number of rotatable bonds is 4. The van der Waals surface area contributed by atoms with E-state index in [0.29, 0.717) is 0 Å². The fourth-order valence-electron chi connectivity index (χ4n) is 1.61. The van der Waals surface area contributed by atoms with Crippen molar-refractivity contribution in [3.05, 3.63) is 46.5 Å². The van der Waals surface area contributed by atoms with Crippen molar-refractivity contribution in [2.45, 2.75) is 18.0 Å². The quantitative estimate of drug-likeness (QED) is 0.872. The molecular weight excluding hydrogens is 287 g/mol. The monoisotopic (exact) mass is 300 g/mol. The maximum atomic E-state index is 13.6. The largest absolute Gasteiger partial charge is 0.263 e. The highest BCUT2D eigenvalue weighted by Gasteiger charge is 2.30. The van der Waals surface area contributed by atoms with Crippen LogP contribution >= 0.6 is 11.3 Å². The van der Waals surface area contributed by atoms with Gasteiger partial charge in [-0.2, -0.15) is 4.31 Å². The minimum absolute atomic E-state index is 0.369. The molecule has 4 nitrogen and oxygen atoms in total. The predicted molar refractivity (Wildman–Crippen MR) is 71.9 cm³/mol. The number of nitrogens with zero attached hydrogens (tertiary/aromatic N) is 2. The van der Waals surface area contributed by atoms with Crippen LogP contribution in [0.4, 0.5) is 4.39 Å². The van der Waals surface area contributed by atoms with Crippen molar-refractivity contribution in [3.63, 3.8) is 0 Å². The van der Waals surface area contributed by atoms with E-state index in [2.05, 4.69) is 4.98 Å². The Kier molecular flexibility index (Phi) is 3.98. The second-order valence-electron chi connectivity index (χ2n) is 4.00. The molecular formula is C12H13FN2O2S2. The minimum atomic E-state index is -3.94. The molecule has 102 valence electrons. The summed E-state index contributed by atoms with van der Waals surface area (Å²) in [6.07, 6.45) is 1.26. The fourth-order valence-corrected chi connectivity index (χ4v) is 3.82. The Hall–Kier alpha value is -1.31. The molecule has 0 aliphatic rings. The van der Waals surface area contributed by atoms with Crippen LogP contribution in [0.2, 0.25) is 0 Å². The maximum Gasteiger partial charge on any atom is 0.263 e. The van der Waals surface area contributed by atoms with E-state index in [4.69, 9.17) is 0 Å². The van der Waals surface area contributed by atoms with E-state index in [0.717, 1.165) is 15.2 Å². The van der Waals surface area contributed by atoms with Gasteiger partial charge in [0.05, 0.1) is 6.04 Å². The zero-order valence-electron chi connectivity index (χ0n) is 10.4. The molecule has 0 saturated heterocycles. The molecule has 0 fully saturated rings. The predicted octanol–water partition coefficient (Wildman–Crippen LogP) is 2.66. The summed E-state index contributed by atoms with van der Waals surface area (Å²) in [7, 11) is -2.52. The third kappa shape index (κ3) is 2.68. The Morgan fingerprint density at radius 3 is 2.68 bits per heavy atom. The molecule has 7 heteroatoms. The van der Waals surface area contributed by atoms with E-state index in [1.165, 1.54) is 30.6 Å². The minimum Gasteiger partial charge on any atom is -0.241 e. The van der Waals surface area contributed by atoms with Crippen molar-refractivity contribution >= 4 is 21.4 Å². The molecule has 0 saturated carbocycles. The van der Waals surface area contributed by atoms with Crippen molar-refractivity contribution < 1.29 is 12.8 Å². The van der Waals surface area contributed by atoms with Gasteiger partial charge >= 0.3 is 0 Å². The van der Waals surface area contributed by atoms with Gasteiger partial charge in [0.15, 0.2) is 5.82 Å². The smallest absolute Gasteiger partial charge is 0.241 e. The lowest BCUT2D eigenvalue weighted by Crippen LogP contribution is -2.30. The molecule has 0 aromatic carbocycles.